The number of methoxy groups -OCH3 is 2. The van der Waals surface area contributed by atoms with Crippen LogP contribution in [0.5, 0.6) is 23.0 Å². The minimum Gasteiger partial charge on any atom is -0.507 e. The van der Waals surface area contributed by atoms with Gasteiger partial charge in [-0.3, -0.25) is 9.97 Å². The summed E-state index contributed by atoms with van der Waals surface area (Å²) >= 11 is 0. The molecule has 0 spiro atoms. The number of phenols is 2. The number of aromatic hydroxyl groups is 2. The van der Waals surface area contributed by atoms with Crippen LogP contribution in [0.25, 0.3) is 21.5 Å². The highest BCUT2D eigenvalue weighted by Crippen LogP contribution is 2.41. The van der Waals surface area contributed by atoms with E-state index in [0.29, 0.717) is 34.3 Å². The minimum atomic E-state index is 0.0950. The monoisotopic (exact) mass is 362 g/mol. The van der Waals surface area contributed by atoms with Crippen LogP contribution >= 0.6 is 0 Å². The summed E-state index contributed by atoms with van der Waals surface area (Å²) in [5, 5.41) is 24.1. The second-order valence-corrected chi connectivity index (χ2v) is 6.18. The van der Waals surface area contributed by atoms with Gasteiger partial charge >= 0.3 is 0 Å². The molecule has 4 aromatic rings. The van der Waals surface area contributed by atoms with Crippen molar-refractivity contribution in [3.05, 3.63) is 60.2 Å². The Balaban J connectivity index is 1.98. The molecule has 0 aliphatic heterocycles. The standard InChI is InChI=1S/C21H18N2O4/c1-26-19-7-12-3-5-22-10-16(12)21(25)15(19)8-14-13-4-6-23-11-17(13)18(24)9-20(14)27-2/h3-7,9-11,24-25H,8H2,1-2H3. The van der Waals surface area contributed by atoms with Crippen LogP contribution in [0.3, 0.4) is 0 Å². The molecule has 2 heterocycles. The lowest BCUT2D eigenvalue weighted by molar-refractivity contribution is 0.398. The number of nitrogens with zero attached hydrogens (tertiary/aromatic N) is 2. The van der Waals surface area contributed by atoms with E-state index in [1.54, 1.807) is 45.1 Å². The predicted octanol–water partition coefficient (Wildman–Crippen LogP) is 3.80. The van der Waals surface area contributed by atoms with Crippen molar-refractivity contribution in [3.8, 4) is 23.0 Å². The van der Waals surface area contributed by atoms with Gasteiger partial charge < -0.3 is 19.7 Å². The molecule has 0 amide bonds. The van der Waals surface area contributed by atoms with Gasteiger partial charge in [-0.2, -0.15) is 0 Å². The fourth-order valence-electron chi connectivity index (χ4n) is 3.41. The maximum Gasteiger partial charge on any atom is 0.132 e. The number of pyridine rings is 2. The van der Waals surface area contributed by atoms with Crippen molar-refractivity contribution in [3.63, 3.8) is 0 Å². The van der Waals surface area contributed by atoms with Gasteiger partial charge in [0.1, 0.15) is 23.0 Å². The number of benzene rings is 2. The fraction of sp³-hybridized carbons (Fsp3) is 0.143. The summed E-state index contributed by atoms with van der Waals surface area (Å²) < 4.78 is 11.0. The van der Waals surface area contributed by atoms with Gasteiger partial charge in [-0.05, 0) is 29.0 Å². The van der Waals surface area contributed by atoms with Crippen molar-refractivity contribution in [2.24, 2.45) is 0 Å². The minimum absolute atomic E-state index is 0.0950. The molecule has 0 bridgehead atoms. The van der Waals surface area contributed by atoms with Crippen molar-refractivity contribution in [1.29, 1.82) is 0 Å². The topological polar surface area (TPSA) is 84.7 Å². The number of ether oxygens (including phenoxy) is 2. The van der Waals surface area contributed by atoms with Gasteiger partial charge in [0.25, 0.3) is 0 Å². The molecule has 0 aliphatic rings. The molecule has 2 N–H and O–H groups in total. The third kappa shape index (κ3) is 2.75. The summed E-state index contributed by atoms with van der Waals surface area (Å²) in [5.41, 5.74) is 1.45. The largest absolute Gasteiger partial charge is 0.507 e. The molecule has 4 rings (SSSR count). The highest BCUT2D eigenvalue weighted by atomic mass is 16.5. The Morgan fingerprint density at radius 2 is 1.48 bits per heavy atom. The third-order valence-electron chi connectivity index (χ3n) is 4.76. The summed E-state index contributed by atoms with van der Waals surface area (Å²) in [4.78, 5) is 8.19. The lowest BCUT2D eigenvalue weighted by Gasteiger charge is -2.17. The maximum absolute atomic E-state index is 10.9. The summed E-state index contributed by atoms with van der Waals surface area (Å²) in [7, 11) is 3.12. The lowest BCUT2D eigenvalue weighted by atomic mass is 9.95. The average molecular weight is 362 g/mol. The molecular formula is C21H18N2O4. The molecule has 6 heteroatoms. The molecule has 6 nitrogen and oxygen atoms in total. The summed E-state index contributed by atoms with van der Waals surface area (Å²) in [6, 6.07) is 7.08. The van der Waals surface area contributed by atoms with Crippen molar-refractivity contribution in [2.75, 3.05) is 14.2 Å². The first-order chi connectivity index (χ1) is 13.1. The molecule has 136 valence electrons. The quantitative estimate of drug-likeness (QED) is 0.574. The van der Waals surface area contributed by atoms with E-state index < -0.39 is 0 Å². The zero-order chi connectivity index (χ0) is 19.0. The average Bonchev–Trinajstić information content (AvgIpc) is 2.71. The lowest BCUT2D eigenvalue weighted by Crippen LogP contribution is -2.00. The normalized spacial score (nSPS) is 11.0. The molecular weight excluding hydrogens is 344 g/mol. The van der Waals surface area contributed by atoms with Gasteiger partial charge in [0, 0.05) is 59.2 Å². The molecule has 0 fully saturated rings. The molecule has 2 aromatic heterocycles. The number of rotatable bonds is 4. The molecule has 0 saturated carbocycles. The zero-order valence-electron chi connectivity index (χ0n) is 14.9. The smallest absolute Gasteiger partial charge is 0.132 e. The third-order valence-corrected chi connectivity index (χ3v) is 4.76. The molecule has 27 heavy (non-hydrogen) atoms. The summed E-state index contributed by atoms with van der Waals surface area (Å²) in [5.74, 6) is 1.31. The van der Waals surface area contributed by atoms with Gasteiger partial charge in [0.05, 0.1) is 14.2 Å². The van der Waals surface area contributed by atoms with E-state index in [2.05, 4.69) is 9.97 Å². The maximum atomic E-state index is 10.9. The Bertz CT molecular complexity index is 1160. The van der Waals surface area contributed by atoms with E-state index in [1.165, 1.54) is 0 Å². The van der Waals surface area contributed by atoms with Crippen molar-refractivity contribution in [1.82, 2.24) is 9.97 Å². The van der Waals surface area contributed by atoms with Crippen LogP contribution in [0.15, 0.2) is 49.1 Å². The first kappa shape index (κ1) is 16.9. The fourth-order valence-corrected chi connectivity index (χ4v) is 3.41. The van der Waals surface area contributed by atoms with Gasteiger partial charge in [0.15, 0.2) is 0 Å². The molecule has 0 radical (unpaired) electrons. The Kier molecular flexibility index (Phi) is 4.16. The van der Waals surface area contributed by atoms with Gasteiger partial charge in [-0.1, -0.05) is 0 Å². The van der Waals surface area contributed by atoms with E-state index in [-0.39, 0.29) is 11.5 Å². The predicted molar refractivity (Wildman–Crippen MR) is 103 cm³/mol. The number of phenolic OH excluding ortho intramolecular Hbond substituents is 2. The Morgan fingerprint density at radius 1 is 0.815 bits per heavy atom. The number of aromatic nitrogens is 2. The highest BCUT2D eigenvalue weighted by molar-refractivity contribution is 5.94. The Hall–Kier alpha value is -3.54. The first-order valence-corrected chi connectivity index (χ1v) is 8.39. The molecule has 0 atom stereocenters. The van der Waals surface area contributed by atoms with Crippen LogP contribution in [-0.4, -0.2) is 34.4 Å². The van der Waals surface area contributed by atoms with Crippen LogP contribution in [0.2, 0.25) is 0 Å². The molecule has 0 saturated heterocycles. The molecule has 0 unspecified atom stereocenters. The summed E-state index contributed by atoms with van der Waals surface area (Å²) in [6.45, 7) is 0. The SMILES string of the molecule is COc1cc2ccncc2c(O)c1Cc1c(OC)cc(O)c2cnccc12. The van der Waals surface area contributed by atoms with Gasteiger partial charge in [-0.25, -0.2) is 0 Å². The van der Waals surface area contributed by atoms with E-state index in [1.807, 2.05) is 18.2 Å². The van der Waals surface area contributed by atoms with E-state index in [9.17, 15) is 10.2 Å². The molecule has 0 aliphatic carbocycles. The molecule has 2 aromatic carbocycles. The van der Waals surface area contributed by atoms with Crippen LogP contribution in [-0.2, 0) is 6.42 Å². The van der Waals surface area contributed by atoms with E-state index >= 15 is 0 Å². The van der Waals surface area contributed by atoms with E-state index in [4.69, 9.17) is 9.47 Å². The highest BCUT2D eigenvalue weighted by Gasteiger charge is 2.19. The van der Waals surface area contributed by atoms with Gasteiger partial charge in [0.2, 0.25) is 0 Å². The zero-order valence-corrected chi connectivity index (χ0v) is 14.9. The number of hydrogen-bond donors (Lipinski definition) is 2. The van der Waals surface area contributed by atoms with Crippen molar-refractivity contribution < 1.29 is 19.7 Å². The van der Waals surface area contributed by atoms with Crippen molar-refractivity contribution in [2.45, 2.75) is 6.42 Å². The van der Waals surface area contributed by atoms with Crippen molar-refractivity contribution >= 4 is 21.5 Å². The Morgan fingerprint density at radius 3 is 2.22 bits per heavy atom. The second-order valence-electron chi connectivity index (χ2n) is 6.18. The van der Waals surface area contributed by atoms with Crippen LogP contribution < -0.4 is 9.47 Å². The summed E-state index contributed by atoms with van der Waals surface area (Å²) in [6.07, 6.45) is 6.92. The first-order valence-electron chi connectivity index (χ1n) is 8.39. The van der Waals surface area contributed by atoms with E-state index in [0.717, 1.165) is 16.3 Å². The Labute approximate surface area is 155 Å². The van der Waals surface area contributed by atoms with Crippen LogP contribution in [0.4, 0.5) is 0 Å². The van der Waals surface area contributed by atoms with Crippen LogP contribution in [0, 0.1) is 0 Å². The van der Waals surface area contributed by atoms with Crippen LogP contribution in [0.1, 0.15) is 11.1 Å². The van der Waals surface area contributed by atoms with Gasteiger partial charge in [-0.15, -0.1) is 0 Å². The number of fused-ring (bicyclic) bond motifs is 2. The number of hydrogen-bond acceptors (Lipinski definition) is 6. The second kappa shape index (κ2) is 6.64.